The van der Waals surface area contributed by atoms with Gasteiger partial charge in [0.1, 0.15) is 0 Å². The summed E-state index contributed by atoms with van der Waals surface area (Å²) in [5.74, 6) is 0. The van der Waals surface area contributed by atoms with Crippen LogP contribution in [0.4, 0.5) is 0 Å². The average Bonchev–Trinajstić information content (AvgIpc) is 3.04. The van der Waals surface area contributed by atoms with Crippen molar-refractivity contribution in [2.24, 2.45) is 0 Å². The van der Waals surface area contributed by atoms with Gasteiger partial charge in [0, 0.05) is 35.5 Å². The number of rotatable bonds is 5. The topological polar surface area (TPSA) is 29.9 Å². The van der Waals surface area contributed by atoms with E-state index in [0.29, 0.717) is 5.25 Å². The number of imidazole rings is 1. The molecule has 1 N–H and O–H groups in total. The molecule has 1 atom stereocenters. The summed E-state index contributed by atoms with van der Waals surface area (Å²) in [4.78, 5) is 5.95. The maximum Gasteiger partial charge on any atom is 0.0950 e. The van der Waals surface area contributed by atoms with Crippen molar-refractivity contribution in [1.82, 2.24) is 14.9 Å². The van der Waals surface area contributed by atoms with Crippen molar-refractivity contribution < 1.29 is 0 Å². The molecule has 4 heteroatoms. The van der Waals surface area contributed by atoms with Crippen LogP contribution in [-0.4, -0.2) is 20.8 Å². The summed E-state index contributed by atoms with van der Waals surface area (Å²) in [6.07, 6.45) is 8.01. The van der Waals surface area contributed by atoms with Gasteiger partial charge in [-0.05, 0) is 30.9 Å². The Bertz CT molecular complexity index is 578. The lowest BCUT2D eigenvalue weighted by Gasteiger charge is -2.08. The molecule has 1 unspecified atom stereocenters. The van der Waals surface area contributed by atoms with Gasteiger partial charge in [-0.3, -0.25) is 0 Å². The number of hydrogen-bond donors (Lipinski definition) is 1. The Morgan fingerprint density at radius 2 is 2.20 bits per heavy atom. The molecular weight excluding hydrogens is 266 g/mol. The number of benzene rings is 1. The second-order valence-electron chi connectivity index (χ2n) is 5.77. The fourth-order valence-electron chi connectivity index (χ4n) is 2.72. The molecule has 3 nitrogen and oxygen atoms in total. The van der Waals surface area contributed by atoms with E-state index < -0.39 is 0 Å². The van der Waals surface area contributed by atoms with Crippen LogP contribution in [0.15, 0.2) is 41.7 Å². The van der Waals surface area contributed by atoms with Crippen molar-refractivity contribution in [3.05, 3.63) is 48.0 Å². The molecule has 2 aliphatic rings. The standard InChI is InChI=1S/C16H19N3S/c1-2-4-16-12(3-1)7-15(20-16)10-19-9-14(18-11-19)8-17-13-5-6-13/h1-4,9,11,13,15,17H,5-8,10H2. The van der Waals surface area contributed by atoms with Gasteiger partial charge in [0.05, 0.1) is 12.0 Å². The van der Waals surface area contributed by atoms with Crippen molar-refractivity contribution >= 4 is 11.8 Å². The van der Waals surface area contributed by atoms with E-state index >= 15 is 0 Å². The van der Waals surface area contributed by atoms with Gasteiger partial charge in [-0.15, -0.1) is 11.8 Å². The predicted octanol–water partition coefficient (Wildman–Crippen LogP) is 2.85. The molecule has 1 aliphatic carbocycles. The van der Waals surface area contributed by atoms with Crippen molar-refractivity contribution in [1.29, 1.82) is 0 Å². The van der Waals surface area contributed by atoms with Crippen molar-refractivity contribution in [2.75, 3.05) is 0 Å². The van der Waals surface area contributed by atoms with Crippen LogP contribution in [0.25, 0.3) is 0 Å². The summed E-state index contributed by atoms with van der Waals surface area (Å²) in [5.41, 5.74) is 2.66. The van der Waals surface area contributed by atoms with E-state index in [2.05, 4.69) is 45.3 Å². The van der Waals surface area contributed by atoms with Gasteiger partial charge in [0.25, 0.3) is 0 Å². The minimum atomic E-state index is 0.644. The molecule has 20 heavy (non-hydrogen) atoms. The zero-order valence-electron chi connectivity index (χ0n) is 11.5. The van der Waals surface area contributed by atoms with Crippen LogP contribution in [0.1, 0.15) is 24.1 Å². The SMILES string of the molecule is c1ccc2c(c1)CC(Cn1cnc(CNC3CC3)c1)S2. The Hall–Kier alpha value is -1.26. The minimum Gasteiger partial charge on any atom is -0.336 e. The second-order valence-corrected chi connectivity index (χ2v) is 7.11. The van der Waals surface area contributed by atoms with Crippen molar-refractivity contribution in [3.63, 3.8) is 0 Å². The lowest BCUT2D eigenvalue weighted by molar-refractivity contribution is 0.657. The Kier molecular flexibility index (Phi) is 3.28. The molecule has 1 aliphatic heterocycles. The largest absolute Gasteiger partial charge is 0.336 e. The van der Waals surface area contributed by atoms with Crippen LogP contribution in [0.5, 0.6) is 0 Å². The van der Waals surface area contributed by atoms with E-state index in [4.69, 9.17) is 0 Å². The van der Waals surface area contributed by atoms with Crippen LogP contribution in [0.3, 0.4) is 0 Å². The summed E-state index contributed by atoms with van der Waals surface area (Å²) < 4.78 is 2.24. The van der Waals surface area contributed by atoms with E-state index in [0.717, 1.165) is 24.8 Å². The lowest BCUT2D eigenvalue weighted by Crippen LogP contribution is -2.15. The molecule has 0 radical (unpaired) electrons. The van der Waals surface area contributed by atoms with Crippen LogP contribution in [0, 0.1) is 0 Å². The molecule has 2 heterocycles. The van der Waals surface area contributed by atoms with E-state index in [1.165, 1.54) is 29.7 Å². The minimum absolute atomic E-state index is 0.644. The summed E-state index contributed by atoms with van der Waals surface area (Å²) in [6, 6.07) is 9.51. The predicted molar refractivity (Wildman–Crippen MR) is 81.9 cm³/mol. The van der Waals surface area contributed by atoms with Crippen molar-refractivity contribution in [3.8, 4) is 0 Å². The molecule has 0 bridgehead atoms. The molecule has 1 aromatic heterocycles. The molecule has 0 amide bonds. The molecule has 1 aromatic carbocycles. The Morgan fingerprint density at radius 3 is 3.05 bits per heavy atom. The normalized spacial score (nSPS) is 21.1. The Labute approximate surface area is 123 Å². The van der Waals surface area contributed by atoms with E-state index in [1.807, 2.05) is 18.1 Å². The van der Waals surface area contributed by atoms with Crippen LogP contribution < -0.4 is 5.32 Å². The first kappa shape index (κ1) is 12.5. The van der Waals surface area contributed by atoms with Gasteiger partial charge in [0.15, 0.2) is 0 Å². The molecule has 2 aromatic rings. The highest BCUT2D eigenvalue weighted by molar-refractivity contribution is 8.00. The van der Waals surface area contributed by atoms with E-state index in [9.17, 15) is 0 Å². The fraction of sp³-hybridized carbons (Fsp3) is 0.438. The third kappa shape index (κ3) is 2.76. The third-order valence-electron chi connectivity index (χ3n) is 3.96. The number of hydrogen-bond acceptors (Lipinski definition) is 3. The van der Waals surface area contributed by atoms with Gasteiger partial charge in [-0.2, -0.15) is 0 Å². The number of nitrogens with one attached hydrogen (secondary N) is 1. The molecule has 0 saturated heterocycles. The molecule has 1 fully saturated rings. The first-order valence-electron chi connectivity index (χ1n) is 7.35. The summed E-state index contributed by atoms with van der Waals surface area (Å²) in [7, 11) is 0. The van der Waals surface area contributed by atoms with Crippen molar-refractivity contribution in [2.45, 2.75) is 48.5 Å². The maximum atomic E-state index is 4.50. The number of nitrogens with zero attached hydrogens (tertiary/aromatic N) is 2. The fourth-order valence-corrected chi connectivity index (χ4v) is 4.05. The summed E-state index contributed by atoms with van der Waals surface area (Å²) in [6.45, 7) is 1.96. The highest BCUT2D eigenvalue weighted by atomic mass is 32.2. The number of thioether (sulfide) groups is 1. The number of fused-ring (bicyclic) bond motifs is 1. The lowest BCUT2D eigenvalue weighted by atomic mass is 10.1. The summed E-state index contributed by atoms with van der Waals surface area (Å²) >= 11 is 2.00. The molecular formula is C16H19N3S. The van der Waals surface area contributed by atoms with E-state index in [1.54, 1.807) is 0 Å². The highest BCUT2D eigenvalue weighted by Gasteiger charge is 2.22. The quantitative estimate of drug-likeness (QED) is 0.916. The Morgan fingerprint density at radius 1 is 1.30 bits per heavy atom. The van der Waals surface area contributed by atoms with Crippen LogP contribution in [-0.2, 0) is 19.5 Å². The maximum absolute atomic E-state index is 4.50. The zero-order valence-corrected chi connectivity index (χ0v) is 12.3. The van der Waals surface area contributed by atoms with Crippen LogP contribution >= 0.6 is 11.8 Å². The third-order valence-corrected chi connectivity index (χ3v) is 5.27. The van der Waals surface area contributed by atoms with Gasteiger partial charge in [-0.25, -0.2) is 4.98 Å². The first-order chi connectivity index (χ1) is 9.87. The van der Waals surface area contributed by atoms with Gasteiger partial charge in [-0.1, -0.05) is 18.2 Å². The smallest absolute Gasteiger partial charge is 0.0950 e. The monoisotopic (exact) mass is 285 g/mol. The second kappa shape index (κ2) is 5.26. The molecule has 1 saturated carbocycles. The summed E-state index contributed by atoms with van der Waals surface area (Å²) in [5, 5.41) is 4.16. The molecule has 104 valence electrons. The number of aromatic nitrogens is 2. The molecule has 0 spiro atoms. The van der Waals surface area contributed by atoms with Gasteiger partial charge < -0.3 is 9.88 Å². The Balaban J connectivity index is 1.35. The average molecular weight is 285 g/mol. The zero-order chi connectivity index (χ0) is 13.4. The van der Waals surface area contributed by atoms with Crippen LogP contribution in [0.2, 0.25) is 0 Å². The van der Waals surface area contributed by atoms with E-state index in [-0.39, 0.29) is 0 Å². The van der Waals surface area contributed by atoms with Gasteiger partial charge >= 0.3 is 0 Å². The van der Waals surface area contributed by atoms with Gasteiger partial charge in [0.2, 0.25) is 0 Å². The highest BCUT2D eigenvalue weighted by Crippen LogP contribution is 2.37. The molecule has 4 rings (SSSR count). The first-order valence-corrected chi connectivity index (χ1v) is 8.23.